The number of nitrogens with zero attached hydrogens (tertiary/aromatic N) is 2. The van der Waals surface area contributed by atoms with E-state index in [9.17, 15) is 9.59 Å². The molecule has 0 bridgehead atoms. The third-order valence-corrected chi connectivity index (χ3v) is 4.20. The number of nitrogens with one attached hydrogen (secondary N) is 2. The van der Waals surface area contributed by atoms with Gasteiger partial charge in [0.2, 0.25) is 5.91 Å². The normalized spacial score (nSPS) is 10.7. The van der Waals surface area contributed by atoms with E-state index < -0.39 is 0 Å². The number of anilines is 1. The molecule has 1 aromatic carbocycles. The molecular weight excluding hydrogens is 328 g/mol. The number of amides is 1. The first-order valence-corrected chi connectivity index (χ1v) is 8.59. The lowest BCUT2D eigenvalue weighted by Gasteiger charge is -2.22. The Morgan fingerprint density at radius 1 is 1.19 bits per heavy atom. The fraction of sp³-hybridized carbons (Fsp3) is 0.250. The van der Waals surface area contributed by atoms with E-state index in [1.165, 1.54) is 6.92 Å². The summed E-state index contributed by atoms with van der Waals surface area (Å²) in [5.74, 6) is -0.137. The van der Waals surface area contributed by atoms with Crippen molar-refractivity contribution in [1.29, 1.82) is 0 Å². The van der Waals surface area contributed by atoms with E-state index in [1.54, 1.807) is 23.4 Å². The molecule has 0 unspecified atom stereocenters. The Morgan fingerprint density at radius 2 is 2.04 bits per heavy atom. The van der Waals surface area contributed by atoms with Crippen molar-refractivity contribution in [2.45, 2.75) is 13.3 Å². The number of hydrogen-bond acceptors (Lipinski definition) is 4. The van der Waals surface area contributed by atoms with Gasteiger partial charge >= 0.3 is 0 Å². The van der Waals surface area contributed by atoms with Crippen LogP contribution in [-0.4, -0.2) is 46.2 Å². The molecule has 0 atom stereocenters. The van der Waals surface area contributed by atoms with E-state index in [2.05, 4.69) is 21.4 Å². The van der Waals surface area contributed by atoms with Gasteiger partial charge in [-0.1, -0.05) is 18.2 Å². The van der Waals surface area contributed by atoms with Gasteiger partial charge < -0.3 is 15.2 Å². The summed E-state index contributed by atoms with van der Waals surface area (Å²) in [6.07, 6.45) is 6.00. The number of rotatable bonds is 8. The fourth-order valence-electron chi connectivity index (χ4n) is 2.91. The minimum Gasteiger partial charge on any atom is -0.375 e. The van der Waals surface area contributed by atoms with Crippen LogP contribution in [0.3, 0.4) is 0 Å². The number of hydrogen-bond donors (Lipinski definition) is 2. The second-order valence-corrected chi connectivity index (χ2v) is 6.22. The Hall–Kier alpha value is -3.15. The minimum absolute atomic E-state index is 0.0290. The zero-order chi connectivity index (χ0) is 18.4. The molecule has 26 heavy (non-hydrogen) atoms. The first-order valence-electron chi connectivity index (χ1n) is 8.59. The maximum atomic E-state index is 12.6. The van der Waals surface area contributed by atoms with Crippen molar-refractivity contribution in [2.24, 2.45) is 0 Å². The molecule has 0 saturated carbocycles. The van der Waals surface area contributed by atoms with Crippen LogP contribution in [0.5, 0.6) is 0 Å². The Bertz CT molecular complexity index is 889. The van der Waals surface area contributed by atoms with Gasteiger partial charge in [0.25, 0.3) is 0 Å². The fourth-order valence-corrected chi connectivity index (χ4v) is 2.91. The largest absolute Gasteiger partial charge is 0.375 e. The molecule has 6 nitrogen and oxygen atoms in total. The van der Waals surface area contributed by atoms with Crippen LogP contribution in [-0.2, 0) is 16.0 Å². The van der Waals surface area contributed by atoms with Crippen LogP contribution in [0.1, 0.15) is 12.5 Å². The van der Waals surface area contributed by atoms with Crippen LogP contribution in [0.25, 0.3) is 10.9 Å². The highest BCUT2D eigenvalue weighted by Crippen LogP contribution is 2.18. The molecule has 0 saturated heterocycles. The predicted octanol–water partition coefficient (Wildman–Crippen LogP) is 2.64. The van der Waals surface area contributed by atoms with Crippen molar-refractivity contribution in [3.05, 3.63) is 60.6 Å². The quantitative estimate of drug-likeness (QED) is 0.655. The minimum atomic E-state index is -0.108. The molecule has 0 aliphatic heterocycles. The summed E-state index contributed by atoms with van der Waals surface area (Å²) in [4.78, 5) is 33.0. The molecule has 2 N–H and O–H groups in total. The molecule has 0 spiro atoms. The number of fused-ring (bicyclic) bond motifs is 1. The molecule has 0 aliphatic carbocycles. The molecule has 6 heteroatoms. The number of H-pyrrole nitrogens is 1. The highest BCUT2D eigenvalue weighted by Gasteiger charge is 2.16. The molecule has 3 rings (SSSR count). The number of para-hydroxylation sites is 1. The van der Waals surface area contributed by atoms with Crippen molar-refractivity contribution in [3.63, 3.8) is 0 Å². The second kappa shape index (κ2) is 8.29. The van der Waals surface area contributed by atoms with Crippen LogP contribution in [0.2, 0.25) is 0 Å². The first-order chi connectivity index (χ1) is 12.6. The molecule has 0 aliphatic rings. The molecular formula is C20H22N4O2. The monoisotopic (exact) mass is 350 g/mol. The van der Waals surface area contributed by atoms with E-state index in [0.717, 1.165) is 22.2 Å². The Balaban J connectivity index is 1.63. The van der Waals surface area contributed by atoms with Gasteiger partial charge in [0, 0.05) is 36.0 Å². The highest BCUT2D eigenvalue weighted by atomic mass is 16.2. The molecule has 1 amide bonds. The van der Waals surface area contributed by atoms with Crippen LogP contribution in [0.4, 0.5) is 5.69 Å². The average molecular weight is 350 g/mol. The van der Waals surface area contributed by atoms with Crippen molar-refractivity contribution >= 4 is 28.3 Å². The SMILES string of the molecule is CC(=O)CN(CCc1c[nH]c2ccccc12)C(=O)CNc1cccnc1. The number of carbonyl (C=O) groups excluding carboxylic acids is 2. The number of ketones is 1. The molecule has 3 aromatic rings. The Labute approximate surface area is 152 Å². The van der Waals surface area contributed by atoms with Crippen LogP contribution >= 0.6 is 0 Å². The summed E-state index contributed by atoms with van der Waals surface area (Å²) in [6.45, 7) is 2.25. The summed E-state index contributed by atoms with van der Waals surface area (Å²) in [7, 11) is 0. The van der Waals surface area contributed by atoms with Gasteiger partial charge in [-0.2, -0.15) is 0 Å². The van der Waals surface area contributed by atoms with Crippen molar-refractivity contribution in [3.8, 4) is 0 Å². The van der Waals surface area contributed by atoms with Gasteiger partial charge in [-0.25, -0.2) is 0 Å². The third-order valence-electron chi connectivity index (χ3n) is 4.20. The maximum Gasteiger partial charge on any atom is 0.242 e. The molecule has 0 fully saturated rings. The lowest BCUT2D eigenvalue weighted by atomic mass is 10.1. The van der Waals surface area contributed by atoms with Gasteiger partial charge in [-0.05, 0) is 37.1 Å². The standard InChI is InChI=1S/C20H22N4O2/c1-15(25)14-24(20(26)13-22-17-5-4-9-21-12-17)10-8-16-11-23-19-7-3-2-6-18(16)19/h2-7,9,11-12,22-23H,8,10,13-14H2,1H3. The van der Waals surface area contributed by atoms with Gasteiger partial charge in [-0.3, -0.25) is 14.6 Å². The highest BCUT2D eigenvalue weighted by molar-refractivity contribution is 5.87. The number of Topliss-reactive ketones (excluding diaryl/α,β-unsaturated/α-hetero) is 1. The van der Waals surface area contributed by atoms with E-state index in [0.29, 0.717) is 13.0 Å². The topological polar surface area (TPSA) is 78.1 Å². The van der Waals surface area contributed by atoms with Crippen LogP contribution < -0.4 is 5.32 Å². The summed E-state index contributed by atoms with van der Waals surface area (Å²) in [6, 6.07) is 11.7. The summed E-state index contributed by atoms with van der Waals surface area (Å²) >= 11 is 0. The lowest BCUT2D eigenvalue weighted by Crippen LogP contribution is -2.40. The smallest absolute Gasteiger partial charge is 0.242 e. The van der Waals surface area contributed by atoms with Crippen LogP contribution in [0.15, 0.2) is 55.0 Å². The second-order valence-electron chi connectivity index (χ2n) is 6.22. The van der Waals surface area contributed by atoms with E-state index in [4.69, 9.17) is 0 Å². The number of benzene rings is 1. The van der Waals surface area contributed by atoms with E-state index in [-0.39, 0.29) is 24.8 Å². The van der Waals surface area contributed by atoms with E-state index in [1.807, 2.05) is 30.5 Å². The van der Waals surface area contributed by atoms with Gasteiger partial charge in [0.15, 0.2) is 0 Å². The number of carbonyl (C=O) groups is 2. The van der Waals surface area contributed by atoms with Crippen molar-refractivity contribution in [1.82, 2.24) is 14.9 Å². The molecule has 2 heterocycles. The lowest BCUT2D eigenvalue weighted by molar-refractivity contribution is -0.133. The molecule has 2 aromatic heterocycles. The van der Waals surface area contributed by atoms with Gasteiger partial charge in [0.05, 0.1) is 18.8 Å². The molecule has 0 radical (unpaired) electrons. The van der Waals surface area contributed by atoms with Crippen LogP contribution in [0, 0.1) is 0 Å². The molecule has 134 valence electrons. The number of aromatic amines is 1. The summed E-state index contributed by atoms with van der Waals surface area (Å²) in [5, 5.41) is 4.20. The van der Waals surface area contributed by atoms with Crippen molar-refractivity contribution in [2.75, 3.05) is 25.0 Å². The number of pyridine rings is 1. The first kappa shape index (κ1) is 17.7. The van der Waals surface area contributed by atoms with Gasteiger partial charge in [0.1, 0.15) is 5.78 Å². The Kier molecular flexibility index (Phi) is 5.63. The van der Waals surface area contributed by atoms with E-state index >= 15 is 0 Å². The predicted molar refractivity (Wildman–Crippen MR) is 102 cm³/mol. The summed E-state index contributed by atoms with van der Waals surface area (Å²) in [5.41, 5.74) is 2.99. The zero-order valence-corrected chi connectivity index (χ0v) is 14.7. The third kappa shape index (κ3) is 4.47. The number of aromatic nitrogens is 2. The average Bonchev–Trinajstić information content (AvgIpc) is 3.07. The zero-order valence-electron chi connectivity index (χ0n) is 14.7. The summed E-state index contributed by atoms with van der Waals surface area (Å²) < 4.78 is 0. The maximum absolute atomic E-state index is 12.6. The van der Waals surface area contributed by atoms with Crippen molar-refractivity contribution < 1.29 is 9.59 Å². The van der Waals surface area contributed by atoms with Gasteiger partial charge in [-0.15, -0.1) is 0 Å². The Morgan fingerprint density at radius 3 is 2.81 bits per heavy atom.